The second-order valence-corrected chi connectivity index (χ2v) is 3.62. The van der Waals surface area contributed by atoms with Crippen molar-refractivity contribution in [3.8, 4) is 0 Å². The molecule has 1 N–H and O–H groups in total. The van der Waals surface area contributed by atoms with Crippen LogP contribution in [0.15, 0.2) is 57.3 Å². The Labute approximate surface area is 118 Å². The highest BCUT2D eigenvalue weighted by atomic mass is 16.5. The molecule has 0 saturated heterocycles. The second-order valence-electron chi connectivity index (χ2n) is 3.62. The monoisotopic (exact) mass is 273 g/mol. The molecule has 0 aromatic carbocycles. The largest absolute Gasteiger partial charge is 0.363 e. The average Bonchev–Trinajstić information content (AvgIpc) is 3.01. The van der Waals surface area contributed by atoms with E-state index < -0.39 is 0 Å². The number of rotatable bonds is 2. The molecule has 1 amide bonds. The molecule has 0 bridgehead atoms. The molecule has 1 aromatic heterocycles. The summed E-state index contributed by atoms with van der Waals surface area (Å²) < 4.78 is 4.64. The lowest BCUT2D eigenvalue weighted by molar-refractivity contribution is -0.112. The van der Waals surface area contributed by atoms with E-state index in [0.717, 1.165) is 11.3 Å². The van der Waals surface area contributed by atoms with Crippen LogP contribution in [0.4, 0.5) is 5.82 Å². The van der Waals surface area contributed by atoms with Crippen molar-refractivity contribution in [2.75, 3.05) is 12.4 Å². The van der Waals surface area contributed by atoms with Crippen LogP contribution in [0.2, 0.25) is 0 Å². The lowest BCUT2D eigenvalue weighted by Gasteiger charge is -2.10. The molecule has 5 nitrogen and oxygen atoms in total. The zero-order valence-electron chi connectivity index (χ0n) is 12.2. The van der Waals surface area contributed by atoms with Crippen LogP contribution in [-0.2, 0) is 4.79 Å². The number of carbonyl (C=O) groups excluding carboxylic acids is 1. The van der Waals surface area contributed by atoms with Gasteiger partial charge in [0.2, 0.25) is 0 Å². The topological polar surface area (TPSA) is 67.5 Å². The van der Waals surface area contributed by atoms with Crippen LogP contribution in [0.25, 0.3) is 0 Å². The Kier molecular flexibility index (Phi) is 6.16. The summed E-state index contributed by atoms with van der Waals surface area (Å²) in [4.78, 5) is 16.1. The van der Waals surface area contributed by atoms with Crippen molar-refractivity contribution < 1.29 is 9.32 Å². The predicted molar refractivity (Wildman–Crippen MR) is 80.8 cm³/mol. The standard InChI is InChI=1S/C13H13N3O2.C2H6/c1-3-9-4-5-10(8-11(9)14-2)13(17)15-12-6-7-18-16-12;1-2/h3-8H,1-2H3,(H,15,16,17);1-2H3/b9-3-,14-11?;. The Morgan fingerprint density at radius 3 is 2.70 bits per heavy atom. The van der Waals surface area contributed by atoms with Crippen LogP contribution in [0.5, 0.6) is 0 Å². The molecule has 106 valence electrons. The molecule has 0 unspecified atom stereocenters. The SMILES string of the molecule is C/C=C1/C=CC(C(=O)Nc2ccon2)=CC1=NC.CC. The zero-order valence-corrected chi connectivity index (χ0v) is 12.2. The molecular formula is C15H19N3O2. The minimum atomic E-state index is -0.239. The van der Waals surface area contributed by atoms with Crippen molar-refractivity contribution in [2.45, 2.75) is 20.8 Å². The van der Waals surface area contributed by atoms with E-state index in [4.69, 9.17) is 0 Å². The smallest absolute Gasteiger partial charge is 0.256 e. The highest BCUT2D eigenvalue weighted by Crippen LogP contribution is 2.15. The van der Waals surface area contributed by atoms with Gasteiger partial charge in [-0.3, -0.25) is 9.79 Å². The third-order valence-corrected chi connectivity index (χ3v) is 2.52. The lowest BCUT2D eigenvalue weighted by Crippen LogP contribution is -2.17. The van der Waals surface area contributed by atoms with Gasteiger partial charge in [0.25, 0.3) is 5.91 Å². The third-order valence-electron chi connectivity index (χ3n) is 2.52. The number of carbonyl (C=O) groups is 1. The number of aliphatic imine (C=N–C) groups is 1. The molecule has 2 rings (SSSR count). The van der Waals surface area contributed by atoms with Gasteiger partial charge in [-0.25, -0.2) is 0 Å². The van der Waals surface area contributed by atoms with Crippen molar-refractivity contribution in [1.82, 2.24) is 5.16 Å². The quantitative estimate of drug-likeness (QED) is 0.900. The first-order valence-electron chi connectivity index (χ1n) is 6.49. The predicted octanol–water partition coefficient (Wildman–Crippen LogP) is 3.15. The van der Waals surface area contributed by atoms with Gasteiger partial charge in [0.1, 0.15) is 6.26 Å². The molecule has 1 heterocycles. The van der Waals surface area contributed by atoms with Crippen LogP contribution < -0.4 is 5.32 Å². The van der Waals surface area contributed by atoms with Crippen molar-refractivity contribution in [1.29, 1.82) is 0 Å². The summed E-state index contributed by atoms with van der Waals surface area (Å²) in [5.41, 5.74) is 2.31. The highest BCUT2D eigenvalue weighted by molar-refractivity contribution is 6.18. The Bertz CT molecular complexity index is 564. The number of hydrogen-bond donors (Lipinski definition) is 1. The van der Waals surface area contributed by atoms with Crippen LogP contribution in [0.3, 0.4) is 0 Å². The van der Waals surface area contributed by atoms with Crippen LogP contribution >= 0.6 is 0 Å². The number of allylic oxidation sites excluding steroid dienone is 4. The van der Waals surface area contributed by atoms with E-state index in [1.807, 2.05) is 32.9 Å². The normalized spacial score (nSPS) is 17.5. The molecule has 1 aliphatic carbocycles. The number of aromatic nitrogens is 1. The fourth-order valence-corrected chi connectivity index (χ4v) is 1.59. The van der Waals surface area contributed by atoms with Crippen LogP contribution in [0.1, 0.15) is 20.8 Å². The van der Waals surface area contributed by atoms with Crippen molar-refractivity contribution in [3.05, 3.63) is 47.8 Å². The van der Waals surface area contributed by atoms with Crippen LogP contribution in [-0.4, -0.2) is 23.8 Å². The van der Waals surface area contributed by atoms with Gasteiger partial charge in [0.15, 0.2) is 5.82 Å². The van der Waals surface area contributed by atoms with Crippen LogP contribution in [0, 0.1) is 0 Å². The first kappa shape index (κ1) is 15.6. The molecule has 0 saturated carbocycles. The Hall–Kier alpha value is -2.43. The first-order valence-corrected chi connectivity index (χ1v) is 6.49. The van der Waals surface area contributed by atoms with Gasteiger partial charge in [-0.2, -0.15) is 0 Å². The Morgan fingerprint density at radius 1 is 1.40 bits per heavy atom. The molecule has 1 aromatic rings. The number of anilines is 1. The minimum absolute atomic E-state index is 0.239. The van der Waals surface area contributed by atoms with Crippen molar-refractivity contribution in [3.63, 3.8) is 0 Å². The molecule has 0 radical (unpaired) electrons. The summed E-state index contributed by atoms with van der Waals surface area (Å²) in [6, 6.07) is 1.58. The lowest BCUT2D eigenvalue weighted by atomic mass is 9.99. The van der Waals surface area contributed by atoms with Gasteiger partial charge < -0.3 is 9.84 Å². The molecule has 1 aliphatic rings. The molecule has 0 atom stereocenters. The number of nitrogens with one attached hydrogen (secondary N) is 1. The fourth-order valence-electron chi connectivity index (χ4n) is 1.59. The minimum Gasteiger partial charge on any atom is -0.363 e. The number of nitrogens with zero attached hydrogens (tertiary/aromatic N) is 2. The summed E-state index contributed by atoms with van der Waals surface area (Å²) in [6.07, 6.45) is 8.70. The van der Waals surface area contributed by atoms with Gasteiger partial charge in [0, 0.05) is 18.7 Å². The summed E-state index contributed by atoms with van der Waals surface area (Å²) >= 11 is 0. The maximum Gasteiger partial charge on any atom is 0.256 e. The average molecular weight is 273 g/mol. The van der Waals surface area contributed by atoms with E-state index in [1.165, 1.54) is 6.26 Å². The summed E-state index contributed by atoms with van der Waals surface area (Å²) in [5, 5.41) is 6.25. The molecule has 20 heavy (non-hydrogen) atoms. The molecule has 5 heteroatoms. The summed E-state index contributed by atoms with van der Waals surface area (Å²) in [5.74, 6) is 0.151. The van der Waals surface area contributed by atoms with Crippen molar-refractivity contribution in [2.24, 2.45) is 4.99 Å². The first-order chi connectivity index (χ1) is 9.74. The zero-order chi connectivity index (χ0) is 15.0. The van der Waals surface area contributed by atoms with Gasteiger partial charge in [-0.1, -0.05) is 31.2 Å². The molecular weight excluding hydrogens is 254 g/mol. The van der Waals surface area contributed by atoms with E-state index in [9.17, 15) is 4.79 Å². The third kappa shape index (κ3) is 3.78. The van der Waals surface area contributed by atoms with Gasteiger partial charge in [0.05, 0.1) is 5.71 Å². The van der Waals surface area contributed by atoms with Gasteiger partial charge >= 0.3 is 0 Å². The maximum atomic E-state index is 11.9. The van der Waals surface area contributed by atoms with Gasteiger partial charge in [-0.15, -0.1) is 0 Å². The second kappa shape index (κ2) is 7.89. The van der Waals surface area contributed by atoms with E-state index in [0.29, 0.717) is 11.4 Å². The highest BCUT2D eigenvalue weighted by Gasteiger charge is 2.14. The molecule has 0 spiro atoms. The summed E-state index contributed by atoms with van der Waals surface area (Å²) in [7, 11) is 1.70. The number of hydrogen-bond acceptors (Lipinski definition) is 4. The van der Waals surface area contributed by atoms with Crippen molar-refractivity contribution >= 4 is 17.4 Å². The Morgan fingerprint density at radius 2 is 2.15 bits per heavy atom. The summed E-state index contributed by atoms with van der Waals surface area (Å²) in [6.45, 7) is 5.93. The van der Waals surface area contributed by atoms with E-state index in [2.05, 4.69) is 20.0 Å². The van der Waals surface area contributed by atoms with E-state index >= 15 is 0 Å². The van der Waals surface area contributed by atoms with E-state index in [-0.39, 0.29) is 5.91 Å². The van der Waals surface area contributed by atoms with Gasteiger partial charge in [-0.05, 0) is 24.6 Å². The fraction of sp³-hybridized carbons (Fsp3) is 0.267. The molecule has 0 fully saturated rings. The Balaban J connectivity index is 0.000000956. The number of amides is 1. The maximum absolute atomic E-state index is 11.9. The van der Waals surface area contributed by atoms with E-state index in [1.54, 1.807) is 25.3 Å². The molecule has 0 aliphatic heterocycles.